The van der Waals surface area contributed by atoms with E-state index in [1.807, 2.05) is 30.3 Å². The normalized spacial score (nSPS) is 11.6. The molecule has 0 aliphatic rings. The quantitative estimate of drug-likeness (QED) is 0.714. The molecule has 0 amide bonds. The van der Waals surface area contributed by atoms with E-state index in [0.717, 1.165) is 10.9 Å². The van der Waals surface area contributed by atoms with Gasteiger partial charge >= 0.3 is 0 Å². The van der Waals surface area contributed by atoms with Crippen molar-refractivity contribution in [2.45, 2.75) is 11.5 Å². The Morgan fingerprint density at radius 1 is 1.00 bits per heavy atom. The first kappa shape index (κ1) is 16.4. The van der Waals surface area contributed by atoms with Crippen LogP contribution in [-0.4, -0.2) is 27.6 Å². The van der Waals surface area contributed by atoms with Crippen molar-refractivity contribution in [2.75, 3.05) is 18.5 Å². The molecule has 1 heterocycles. The van der Waals surface area contributed by atoms with E-state index in [9.17, 15) is 8.42 Å². The van der Waals surface area contributed by atoms with Gasteiger partial charge in [0.1, 0.15) is 5.82 Å². The summed E-state index contributed by atoms with van der Waals surface area (Å²) in [6, 6.07) is 18.0. The maximum absolute atomic E-state index is 13.0. The number of pyridine rings is 1. The van der Waals surface area contributed by atoms with Crippen LogP contribution in [0.3, 0.4) is 0 Å². The number of para-hydroxylation sites is 1. The maximum Gasteiger partial charge on any atom is 0.265 e. The van der Waals surface area contributed by atoms with E-state index < -0.39 is 10.0 Å². The SMILES string of the molecule is COCc1ccccc1S(=O)(=O)N(C)c1ccc2ccccc2n1. The molecule has 0 unspecified atom stereocenters. The summed E-state index contributed by atoms with van der Waals surface area (Å²) in [4.78, 5) is 4.68. The van der Waals surface area contributed by atoms with Crippen molar-refractivity contribution >= 4 is 26.7 Å². The Morgan fingerprint density at radius 2 is 1.71 bits per heavy atom. The summed E-state index contributed by atoms with van der Waals surface area (Å²) >= 11 is 0. The van der Waals surface area contributed by atoms with Crippen molar-refractivity contribution in [3.63, 3.8) is 0 Å². The molecule has 2 aromatic carbocycles. The van der Waals surface area contributed by atoms with Gasteiger partial charge in [-0.25, -0.2) is 13.4 Å². The molecule has 0 saturated carbocycles. The fourth-order valence-electron chi connectivity index (χ4n) is 2.53. The van der Waals surface area contributed by atoms with Gasteiger partial charge in [-0.2, -0.15) is 0 Å². The molecule has 1 aromatic heterocycles. The highest BCUT2D eigenvalue weighted by molar-refractivity contribution is 7.92. The summed E-state index contributed by atoms with van der Waals surface area (Å²) in [6.45, 7) is 0.231. The number of nitrogens with zero attached hydrogens (tertiary/aromatic N) is 2. The largest absolute Gasteiger partial charge is 0.380 e. The fourth-order valence-corrected chi connectivity index (χ4v) is 3.88. The molecule has 24 heavy (non-hydrogen) atoms. The smallest absolute Gasteiger partial charge is 0.265 e. The Kier molecular flexibility index (Phi) is 4.51. The van der Waals surface area contributed by atoms with Gasteiger partial charge in [0, 0.05) is 19.5 Å². The number of anilines is 1. The number of rotatable bonds is 5. The van der Waals surface area contributed by atoms with Crippen molar-refractivity contribution in [2.24, 2.45) is 0 Å². The van der Waals surface area contributed by atoms with Gasteiger partial charge < -0.3 is 4.74 Å². The number of benzene rings is 2. The van der Waals surface area contributed by atoms with E-state index in [0.29, 0.717) is 11.4 Å². The predicted octanol–water partition coefficient (Wildman–Crippen LogP) is 3.21. The van der Waals surface area contributed by atoms with E-state index in [4.69, 9.17) is 4.74 Å². The van der Waals surface area contributed by atoms with Crippen molar-refractivity contribution in [1.82, 2.24) is 4.98 Å². The monoisotopic (exact) mass is 342 g/mol. The summed E-state index contributed by atoms with van der Waals surface area (Å²) in [5.74, 6) is 0.376. The Labute approximate surface area is 141 Å². The second-order valence-electron chi connectivity index (χ2n) is 5.38. The lowest BCUT2D eigenvalue weighted by molar-refractivity contribution is 0.182. The molecule has 5 nitrogen and oxygen atoms in total. The van der Waals surface area contributed by atoms with Crippen molar-refractivity contribution in [3.8, 4) is 0 Å². The molecule has 0 aliphatic heterocycles. The third-order valence-corrected chi connectivity index (χ3v) is 5.68. The Balaban J connectivity index is 2.05. The summed E-state index contributed by atoms with van der Waals surface area (Å²) in [5, 5.41) is 0.965. The predicted molar refractivity (Wildman–Crippen MR) is 94.5 cm³/mol. The molecule has 0 radical (unpaired) electrons. The lowest BCUT2D eigenvalue weighted by Crippen LogP contribution is -2.28. The average Bonchev–Trinajstić information content (AvgIpc) is 2.61. The van der Waals surface area contributed by atoms with Crippen LogP contribution in [0.1, 0.15) is 5.56 Å². The van der Waals surface area contributed by atoms with Gasteiger partial charge in [0.05, 0.1) is 17.0 Å². The van der Waals surface area contributed by atoms with Crippen LogP contribution in [0.25, 0.3) is 10.9 Å². The third kappa shape index (κ3) is 2.98. The third-order valence-electron chi connectivity index (χ3n) is 3.82. The second kappa shape index (κ2) is 6.59. The van der Waals surface area contributed by atoms with Gasteiger partial charge in [-0.1, -0.05) is 36.4 Å². The summed E-state index contributed by atoms with van der Waals surface area (Å²) < 4.78 is 32.3. The number of methoxy groups -OCH3 is 1. The Bertz CT molecular complexity index is 971. The Hall–Kier alpha value is -2.44. The first-order chi connectivity index (χ1) is 11.5. The molecule has 0 atom stereocenters. The second-order valence-corrected chi connectivity index (χ2v) is 7.31. The number of aromatic nitrogens is 1. The van der Waals surface area contributed by atoms with Crippen LogP contribution in [-0.2, 0) is 21.4 Å². The zero-order valence-electron chi connectivity index (χ0n) is 13.5. The van der Waals surface area contributed by atoms with Crippen LogP contribution in [0.2, 0.25) is 0 Å². The molecule has 0 fully saturated rings. The highest BCUT2D eigenvalue weighted by Gasteiger charge is 2.25. The number of ether oxygens (including phenoxy) is 1. The molecular formula is C18H18N2O3S. The van der Waals surface area contributed by atoms with Crippen LogP contribution in [0.5, 0.6) is 0 Å². The zero-order chi connectivity index (χ0) is 17.2. The van der Waals surface area contributed by atoms with Crippen LogP contribution in [0.4, 0.5) is 5.82 Å². The minimum atomic E-state index is -3.72. The van der Waals surface area contributed by atoms with Gasteiger partial charge in [0.2, 0.25) is 0 Å². The number of fused-ring (bicyclic) bond motifs is 1. The fraction of sp³-hybridized carbons (Fsp3) is 0.167. The summed E-state index contributed by atoms with van der Waals surface area (Å²) in [7, 11) is -0.673. The van der Waals surface area contributed by atoms with Gasteiger partial charge in [-0.3, -0.25) is 4.31 Å². The maximum atomic E-state index is 13.0. The molecule has 0 bridgehead atoms. The van der Waals surface area contributed by atoms with Gasteiger partial charge in [0.25, 0.3) is 10.0 Å². The first-order valence-electron chi connectivity index (χ1n) is 7.45. The van der Waals surface area contributed by atoms with Crippen molar-refractivity contribution < 1.29 is 13.2 Å². The lowest BCUT2D eigenvalue weighted by Gasteiger charge is -2.20. The van der Waals surface area contributed by atoms with E-state index in [1.54, 1.807) is 30.3 Å². The highest BCUT2D eigenvalue weighted by atomic mass is 32.2. The van der Waals surface area contributed by atoms with E-state index >= 15 is 0 Å². The van der Waals surface area contributed by atoms with Crippen LogP contribution < -0.4 is 4.31 Å². The van der Waals surface area contributed by atoms with Gasteiger partial charge in [-0.15, -0.1) is 0 Å². The zero-order valence-corrected chi connectivity index (χ0v) is 14.3. The number of hydrogen-bond acceptors (Lipinski definition) is 4. The molecule has 0 N–H and O–H groups in total. The molecule has 0 saturated heterocycles. The number of hydrogen-bond donors (Lipinski definition) is 0. The minimum Gasteiger partial charge on any atom is -0.380 e. The van der Waals surface area contributed by atoms with E-state index in [1.165, 1.54) is 18.5 Å². The standard InChI is InChI=1S/C18H18N2O3S/c1-20(18-12-11-14-7-3-5-9-16(14)19-18)24(21,22)17-10-6-4-8-15(17)13-23-2/h3-12H,13H2,1-2H3. The summed E-state index contributed by atoms with van der Waals surface area (Å²) in [5.41, 5.74) is 1.37. The van der Waals surface area contributed by atoms with Gasteiger partial charge in [0.15, 0.2) is 0 Å². The highest BCUT2D eigenvalue weighted by Crippen LogP contribution is 2.25. The molecule has 124 valence electrons. The van der Waals surface area contributed by atoms with Crippen LogP contribution >= 0.6 is 0 Å². The van der Waals surface area contributed by atoms with E-state index in [-0.39, 0.29) is 11.5 Å². The topological polar surface area (TPSA) is 59.5 Å². The molecule has 3 rings (SSSR count). The van der Waals surface area contributed by atoms with Crippen molar-refractivity contribution in [3.05, 3.63) is 66.2 Å². The van der Waals surface area contributed by atoms with E-state index in [2.05, 4.69) is 4.98 Å². The molecular weight excluding hydrogens is 324 g/mol. The first-order valence-corrected chi connectivity index (χ1v) is 8.89. The molecule has 6 heteroatoms. The van der Waals surface area contributed by atoms with Crippen LogP contribution in [0, 0.1) is 0 Å². The minimum absolute atomic E-state index is 0.226. The molecule has 3 aromatic rings. The van der Waals surface area contributed by atoms with Gasteiger partial charge in [-0.05, 0) is 29.8 Å². The summed E-state index contributed by atoms with van der Waals surface area (Å²) in [6.07, 6.45) is 0. The molecule has 0 aliphatic carbocycles. The lowest BCUT2D eigenvalue weighted by atomic mass is 10.2. The Morgan fingerprint density at radius 3 is 2.50 bits per heavy atom. The molecule has 0 spiro atoms. The number of sulfonamides is 1. The van der Waals surface area contributed by atoms with Crippen LogP contribution in [0.15, 0.2) is 65.6 Å². The average molecular weight is 342 g/mol. The van der Waals surface area contributed by atoms with Crippen molar-refractivity contribution in [1.29, 1.82) is 0 Å².